The lowest BCUT2D eigenvalue weighted by Gasteiger charge is -2.22. The van der Waals surface area contributed by atoms with Crippen molar-refractivity contribution in [2.75, 3.05) is 31.3 Å². The molecule has 0 aliphatic heterocycles. The van der Waals surface area contributed by atoms with Crippen molar-refractivity contribution < 1.29 is 4.74 Å². The standard InChI is InChI=1S/C12H20N4O/c1-16(8-9-5-3-4-6-9)10-7-11(17-2)15-12(13)14-10/h7,9H,3-6,8H2,1-2H3,(H2,13,14,15). The van der Waals surface area contributed by atoms with Gasteiger partial charge in [0.1, 0.15) is 5.82 Å². The molecule has 5 heteroatoms. The van der Waals surface area contributed by atoms with Crippen LogP contribution in [-0.2, 0) is 0 Å². The first-order valence-corrected chi connectivity index (χ1v) is 6.08. The molecule has 1 heterocycles. The van der Waals surface area contributed by atoms with Crippen LogP contribution in [0.4, 0.5) is 11.8 Å². The third-order valence-electron chi connectivity index (χ3n) is 3.31. The monoisotopic (exact) mass is 236 g/mol. The summed E-state index contributed by atoms with van der Waals surface area (Å²) in [6.45, 7) is 1.03. The smallest absolute Gasteiger partial charge is 0.225 e. The van der Waals surface area contributed by atoms with Gasteiger partial charge in [0.15, 0.2) is 0 Å². The molecular weight excluding hydrogens is 216 g/mol. The van der Waals surface area contributed by atoms with Crippen LogP contribution in [0, 0.1) is 5.92 Å². The van der Waals surface area contributed by atoms with Crippen LogP contribution in [0.3, 0.4) is 0 Å². The van der Waals surface area contributed by atoms with Gasteiger partial charge < -0.3 is 15.4 Å². The van der Waals surface area contributed by atoms with E-state index in [0.29, 0.717) is 5.88 Å². The van der Waals surface area contributed by atoms with Crippen LogP contribution in [0.15, 0.2) is 6.07 Å². The molecular formula is C12H20N4O. The number of hydrogen-bond donors (Lipinski definition) is 1. The maximum atomic E-state index is 5.65. The summed E-state index contributed by atoms with van der Waals surface area (Å²) in [7, 11) is 3.63. The predicted octanol–water partition coefficient (Wildman–Crippen LogP) is 1.69. The number of aromatic nitrogens is 2. The van der Waals surface area contributed by atoms with Gasteiger partial charge in [-0.15, -0.1) is 0 Å². The summed E-state index contributed by atoms with van der Waals surface area (Å²) in [4.78, 5) is 10.4. The molecule has 0 saturated heterocycles. The highest BCUT2D eigenvalue weighted by Gasteiger charge is 2.18. The van der Waals surface area contributed by atoms with Crippen LogP contribution < -0.4 is 15.4 Å². The molecule has 1 aromatic heterocycles. The van der Waals surface area contributed by atoms with Crippen molar-refractivity contribution >= 4 is 11.8 Å². The number of nitrogens with zero attached hydrogens (tertiary/aromatic N) is 3. The summed E-state index contributed by atoms with van der Waals surface area (Å²) in [6.07, 6.45) is 5.35. The SMILES string of the molecule is COc1cc(N(C)CC2CCCC2)nc(N)n1. The molecule has 1 aliphatic rings. The zero-order valence-electron chi connectivity index (χ0n) is 10.5. The Labute approximate surface area is 102 Å². The van der Waals surface area contributed by atoms with E-state index >= 15 is 0 Å². The van der Waals surface area contributed by atoms with Gasteiger partial charge in [0.2, 0.25) is 11.8 Å². The van der Waals surface area contributed by atoms with Gasteiger partial charge >= 0.3 is 0 Å². The topological polar surface area (TPSA) is 64.3 Å². The molecule has 0 spiro atoms. The van der Waals surface area contributed by atoms with Gasteiger partial charge in [-0.2, -0.15) is 9.97 Å². The van der Waals surface area contributed by atoms with E-state index in [1.807, 2.05) is 13.1 Å². The van der Waals surface area contributed by atoms with E-state index in [1.54, 1.807) is 7.11 Å². The Hall–Kier alpha value is -1.52. The molecule has 1 saturated carbocycles. The maximum Gasteiger partial charge on any atom is 0.225 e. The Morgan fingerprint density at radius 2 is 2.12 bits per heavy atom. The van der Waals surface area contributed by atoms with Crippen LogP contribution in [0.2, 0.25) is 0 Å². The third-order valence-corrected chi connectivity index (χ3v) is 3.31. The summed E-state index contributed by atoms with van der Waals surface area (Å²) in [6, 6.07) is 1.82. The molecule has 0 unspecified atom stereocenters. The van der Waals surface area contributed by atoms with Gasteiger partial charge in [0.05, 0.1) is 7.11 Å². The second-order valence-corrected chi connectivity index (χ2v) is 4.66. The van der Waals surface area contributed by atoms with E-state index in [4.69, 9.17) is 10.5 Å². The first kappa shape index (κ1) is 12.0. The Bertz CT molecular complexity index is 377. The lowest BCUT2D eigenvalue weighted by Crippen LogP contribution is -2.25. The molecule has 94 valence electrons. The number of ether oxygens (including phenoxy) is 1. The van der Waals surface area contributed by atoms with Crippen molar-refractivity contribution in [3.8, 4) is 5.88 Å². The van der Waals surface area contributed by atoms with Crippen molar-refractivity contribution in [2.45, 2.75) is 25.7 Å². The first-order valence-electron chi connectivity index (χ1n) is 6.08. The molecule has 5 nitrogen and oxygen atoms in total. The van der Waals surface area contributed by atoms with Crippen molar-refractivity contribution in [1.29, 1.82) is 0 Å². The van der Waals surface area contributed by atoms with Crippen LogP contribution >= 0.6 is 0 Å². The van der Waals surface area contributed by atoms with Gasteiger partial charge in [-0.1, -0.05) is 12.8 Å². The zero-order chi connectivity index (χ0) is 12.3. The fourth-order valence-corrected chi connectivity index (χ4v) is 2.40. The lowest BCUT2D eigenvalue weighted by molar-refractivity contribution is 0.397. The average Bonchev–Trinajstić information content (AvgIpc) is 2.81. The van der Waals surface area contributed by atoms with Gasteiger partial charge in [-0.3, -0.25) is 0 Å². The summed E-state index contributed by atoms with van der Waals surface area (Å²) in [5.74, 6) is 2.40. The first-order chi connectivity index (χ1) is 8.19. The lowest BCUT2D eigenvalue weighted by atomic mass is 10.1. The van der Waals surface area contributed by atoms with E-state index in [-0.39, 0.29) is 5.95 Å². The highest BCUT2D eigenvalue weighted by Crippen LogP contribution is 2.27. The molecule has 1 aliphatic carbocycles. The minimum absolute atomic E-state index is 0.262. The summed E-state index contributed by atoms with van der Waals surface area (Å²) >= 11 is 0. The maximum absolute atomic E-state index is 5.65. The molecule has 0 radical (unpaired) electrons. The quantitative estimate of drug-likeness (QED) is 0.862. The number of rotatable bonds is 4. The van der Waals surface area contributed by atoms with E-state index in [2.05, 4.69) is 14.9 Å². The Morgan fingerprint density at radius 3 is 2.76 bits per heavy atom. The van der Waals surface area contributed by atoms with E-state index in [0.717, 1.165) is 18.3 Å². The molecule has 0 atom stereocenters. The molecule has 0 bridgehead atoms. The molecule has 0 amide bonds. The second-order valence-electron chi connectivity index (χ2n) is 4.66. The fraction of sp³-hybridized carbons (Fsp3) is 0.667. The fourth-order valence-electron chi connectivity index (χ4n) is 2.40. The van der Waals surface area contributed by atoms with Crippen LogP contribution in [-0.4, -0.2) is 30.7 Å². The second kappa shape index (κ2) is 5.21. The largest absolute Gasteiger partial charge is 0.481 e. The molecule has 2 N–H and O–H groups in total. The van der Waals surface area contributed by atoms with E-state index in [9.17, 15) is 0 Å². The number of anilines is 2. The van der Waals surface area contributed by atoms with Crippen molar-refractivity contribution in [2.24, 2.45) is 5.92 Å². The van der Waals surface area contributed by atoms with Gasteiger partial charge in [-0.25, -0.2) is 0 Å². The predicted molar refractivity (Wildman–Crippen MR) is 68.2 cm³/mol. The molecule has 17 heavy (non-hydrogen) atoms. The van der Waals surface area contributed by atoms with Gasteiger partial charge in [0.25, 0.3) is 0 Å². The summed E-state index contributed by atoms with van der Waals surface area (Å²) < 4.78 is 5.10. The molecule has 1 aromatic rings. The minimum Gasteiger partial charge on any atom is -0.481 e. The number of hydrogen-bond acceptors (Lipinski definition) is 5. The normalized spacial score (nSPS) is 16.1. The van der Waals surface area contributed by atoms with Gasteiger partial charge in [-0.05, 0) is 18.8 Å². The van der Waals surface area contributed by atoms with Crippen molar-refractivity contribution in [3.05, 3.63) is 6.07 Å². The van der Waals surface area contributed by atoms with Crippen molar-refractivity contribution in [3.63, 3.8) is 0 Å². The highest BCUT2D eigenvalue weighted by molar-refractivity contribution is 5.44. The van der Waals surface area contributed by atoms with E-state index < -0.39 is 0 Å². The summed E-state index contributed by atoms with van der Waals surface area (Å²) in [5.41, 5.74) is 5.65. The average molecular weight is 236 g/mol. The molecule has 0 aromatic carbocycles. The van der Waals surface area contributed by atoms with Crippen LogP contribution in [0.25, 0.3) is 0 Å². The highest BCUT2D eigenvalue weighted by atomic mass is 16.5. The zero-order valence-corrected chi connectivity index (χ0v) is 10.5. The Kier molecular flexibility index (Phi) is 3.66. The summed E-state index contributed by atoms with van der Waals surface area (Å²) in [5, 5.41) is 0. The van der Waals surface area contributed by atoms with Crippen LogP contribution in [0.1, 0.15) is 25.7 Å². The molecule has 2 rings (SSSR count). The van der Waals surface area contributed by atoms with E-state index in [1.165, 1.54) is 25.7 Å². The number of methoxy groups -OCH3 is 1. The Morgan fingerprint density at radius 1 is 1.41 bits per heavy atom. The number of nitrogen functional groups attached to an aromatic ring is 1. The number of nitrogens with two attached hydrogens (primary N) is 1. The molecule has 1 fully saturated rings. The van der Waals surface area contributed by atoms with Crippen molar-refractivity contribution in [1.82, 2.24) is 9.97 Å². The Balaban J connectivity index is 2.06. The van der Waals surface area contributed by atoms with Gasteiger partial charge in [0, 0.05) is 19.7 Å². The third kappa shape index (κ3) is 2.99. The van der Waals surface area contributed by atoms with Crippen LogP contribution in [0.5, 0.6) is 5.88 Å². The minimum atomic E-state index is 0.262.